The average molecular weight is 123 g/mol. The summed E-state index contributed by atoms with van der Waals surface area (Å²) in [6.45, 7) is -11.7. The van der Waals surface area contributed by atoms with Gasteiger partial charge in [0.2, 0.25) is 0 Å². The molecule has 0 aromatic carbocycles. The van der Waals surface area contributed by atoms with Gasteiger partial charge in [-0.3, -0.25) is 0 Å². The van der Waals surface area contributed by atoms with Crippen molar-refractivity contribution in [3.05, 3.63) is 0 Å². The number of rotatable bonds is 1. The van der Waals surface area contributed by atoms with Gasteiger partial charge in [0.15, 0.2) is 0 Å². The van der Waals surface area contributed by atoms with Crippen molar-refractivity contribution in [1.29, 1.82) is 0 Å². The van der Waals surface area contributed by atoms with Crippen LogP contribution in [0.1, 0.15) is 19.2 Å². The summed E-state index contributed by atoms with van der Waals surface area (Å²) in [4.78, 5) is 0.450. The normalized spacial score (nSPS) is 80.2. The van der Waals surface area contributed by atoms with Crippen LogP contribution in [0.25, 0.3) is 0 Å². The van der Waals surface area contributed by atoms with Crippen molar-refractivity contribution in [2.24, 2.45) is 0 Å². The highest BCUT2D eigenvalue weighted by Crippen LogP contribution is 1.88. The molecule has 1 saturated heterocycles. The van der Waals surface area contributed by atoms with E-state index in [1.807, 2.05) is 0 Å². The highest BCUT2D eigenvalue weighted by molar-refractivity contribution is 4.64. The van der Waals surface area contributed by atoms with E-state index in [9.17, 15) is 0 Å². The SMILES string of the molecule is [2H]C1NC([2H])C([2H])N(C([2H])([2H])C([2H])([2H])[2H])C1[2H]. The van der Waals surface area contributed by atoms with Gasteiger partial charge in [0.1, 0.15) is 0 Å². The summed E-state index contributed by atoms with van der Waals surface area (Å²) in [6.07, 6.45) is 0. The molecule has 1 aliphatic rings. The third-order valence-electron chi connectivity index (χ3n) is 0.792. The lowest BCUT2D eigenvalue weighted by Gasteiger charge is -2.25. The zero-order chi connectivity index (χ0) is 13.6. The Bertz CT molecular complexity index is 265. The second-order valence-electron chi connectivity index (χ2n) is 1.32. The molecule has 4 atom stereocenters. The lowest BCUT2D eigenvalue weighted by molar-refractivity contribution is 0.253. The Morgan fingerprint density at radius 3 is 3.25 bits per heavy atom. The van der Waals surface area contributed by atoms with Crippen molar-refractivity contribution in [2.45, 2.75) is 6.85 Å². The van der Waals surface area contributed by atoms with Crippen LogP contribution in [0.15, 0.2) is 0 Å². The molecule has 0 aromatic rings. The van der Waals surface area contributed by atoms with Crippen LogP contribution < -0.4 is 5.32 Å². The first-order valence-corrected chi connectivity index (χ1v) is 2.23. The molecule has 4 unspecified atom stereocenters. The van der Waals surface area contributed by atoms with E-state index in [2.05, 4.69) is 5.32 Å². The van der Waals surface area contributed by atoms with Gasteiger partial charge in [-0.05, 0) is 6.50 Å². The molecule has 0 amide bonds. The van der Waals surface area contributed by atoms with Gasteiger partial charge in [-0.25, -0.2) is 0 Å². The standard InChI is InChI=1S/C6H14N2/c1-2-8-5-3-7-4-6-8/h7H,2-6H2,1H3/i1D3,2D2,3D,4D,5D,6D. The van der Waals surface area contributed by atoms with Crippen LogP contribution in [-0.4, -0.2) is 37.5 Å². The van der Waals surface area contributed by atoms with Crippen molar-refractivity contribution in [3.8, 4) is 0 Å². The smallest absolute Gasteiger partial charge is 0.0444 e. The van der Waals surface area contributed by atoms with Gasteiger partial charge in [0.25, 0.3) is 0 Å². The van der Waals surface area contributed by atoms with Crippen molar-refractivity contribution in [3.63, 3.8) is 0 Å². The minimum absolute atomic E-state index is 0.450. The minimum atomic E-state index is -3.04. The maximum atomic E-state index is 7.57. The largest absolute Gasteiger partial charge is 0.314 e. The monoisotopic (exact) mass is 123 g/mol. The van der Waals surface area contributed by atoms with Crippen LogP contribution in [0.2, 0.25) is 0 Å². The Kier molecular flexibility index (Phi) is 0.505. The average Bonchev–Trinajstić information content (AvgIpc) is 2.13. The molecule has 0 radical (unpaired) electrons. The molecule has 1 heterocycles. The quantitative estimate of drug-likeness (QED) is 0.524. The Morgan fingerprint density at radius 2 is 2.62 bits per heavy atom. The molecule has 0 spiro atoms. The molecular weight excluding hydrogens is 100 g/mol. The van der Waals surface area contributed by atoms with Gasteiger partial charge < -0.3 is 10.2 Å². The number of likely N-dealkylation sites (N-methyl/N-ethyl adjacent to an activating group) is 1. The number of hydrogen-bond acceptors (Lipinski definition) is 2. The molecule has 1 fully saturated rings. The van der Waals surface area contributed by atoms with Crippen molar-refractivity contribution in [2.75, 3.05) is 32.6 Å². The fourth-order valence-electron chi connectivity index (χ4n) is 0.426. The van der Waals surface area contributed by atoms with Crippen LogP contribution in [0.4, 0.5) is 0 Å². The number of nitrogens with one attached hydrogen (secondary N) is 1. The topological polar surface area (TPSA) is 15.3 Å². The van der Waals surface area contributed by atoms with Crippen LogP contribution in [0.3, 0.4) is 0 Å². The highest BCUT2D eigenvalue weighted by atomic mass is 15.2. The first kappa shape index (κ1) is 1.32. The summed E-state index contributed by atoms with van der Waals surface area (Å²) in [6, 6.07) is 0. The zero-order valence-corrected chi connectivity index (χ0v) is 4.26. The zero-order valence-electron chi connectivity index (χ0n) is 13.3. The molecule has 0 aromatic heterocycles. The first-order chi connectivity index (χ1) is 7.50. The van der Waals surface area contributed by atoms with E-state index in [0.717, 1.165) is 0 Å². The number of nitrogens with zero attached hydrogens (tertiary/aromatic N) is 1. The minimum Gasteiger partial charge on any atom is -0.314 e. The molecule has 0 aliphatic carbocycles. The van der Waals surface area contributed by atoms with Gasteiger partial charge in [0.05, 0.1) is 0 Å². The van der Waals surface area contributed by atoms with Crippen molar-refractivity contribution >= 4 is 0 Å². The first-order valence-electron chi connectivity index (χ1n) is 7.04. The van der Waals surface area contributed by atoms with Gasteiger partial charge in [-0.15, -0.1) is 0 Å². The number of piperazine rings is 1. The molecule has 1 rings (SSSR count). The van der Waals surface area contributed by atoms with E-state index < -0.39 is 39.4 Å². The highest BCUT2D eigenvalue weighted by Gasteiger charge is 2.04. The van der Waals surface area contributed by atoms with Crippen molar-refractivity contribution in [1.82, 2.24) is 10.2 Å². The lowest BCUT2D eigenvalue weighted by Crippen LogP contribution is -2.43. The van der Waals surface area contributed by atoms with E-state index >= 15 is 0 Å². The predicted octanol–water partition coefficient (Wildman–Crippen LogP) is -0.0885. The van der Waals surface area contributed by atoms with Gasteiger partial charge in [-0.1, -0.05) is 6.85 Å². The lowest BCUT2D eigenvalue weighted by atomic mass is 10.4. The molecule has 48 valence electrons. The third kappa shape index (κ3) is 1.46. The van der Waals surface area contributed by atoms with Crippen LogP contribution in [0.5, 0.6) is 0 Å². The molecule has 0 saturated carbocycles. The Morgan fingerprint density at radius 1 is 1.88 bits per heavy atom. The maximum absolute atomic E-state index is 7.57. The molecule has 1 aliphatic heterocycles. The fourth-order valence-corrected chi connectivity index (χ4v) is 0.426. The third-order valence-corrected chi connectivity index (χ3v) is 0.792. The van der Waals surface area contributed by atoms with Crippen LogP contribution in [-0.2, 0) is 0 Å². The van der Waals surface area contributed by atoms with Crippen LogP contribution >= 0.6 is 0 Å². The summed E-state index contributed by atoms with van der Waals surface area (Å²) in [5.74, 6) is 0. The molecule has 2 heteroatoms. The molecule has 1 N–H and O–H groups in total. The van der Waals surface area contributed by atoms with Gasteiger partial charge in [-0.2, -0.15) is 0 Å². The summed E-state index contributed by atoms with van der Waals surface area (Å²) < 4.78 is 66.3. The van der Waals surface area contributed by atoms with E-state index in [-0.39, 0.29) is 0 Å². The molecule has 8 heavy (non-hydrogen) atoms. The van der Waals surface area contributed by atoms with Gasteiger partial charge in [0, 0.05) is 38.4 Å². The Hall–Kier alpha value is -0.0800. The van der Waals surface area contributed by atoms with Crippen molar-refractivity contribution < 1.29 is 12.3 Å². The summed E-state index contributed by atoms with van der Waals surface area (Å²) in [5, 5.41) is 2.30. The molecule has 2 nitrogen and oxygen atoms in total. The molecular formula is C6H14N2. The maximum Gasteiger partial charge on any atom is 0.0444 e. The Balaban J connectivity index is 3.08. The van der Waals surface area contributed by atoms with Gasteiger partial charge >= 0.3 is 0 Å². The summed E-state index contributed by atoms with van der Waals surface area (Å²) in [7, 11) is 0. The van der Waals surface area contributed by atoms with E-state index in [4.69, 9.17) is 12.3 Å². The number of hydrogen-bond donors (Lipinski definition) is 1. The summed E-state index contributed by atoms with van der Waals surface area (Å²) >= 11 is 0. The van der Waals surface area contributed by atoms with E-state index in [1.54, 1.807) is 0 Å². The van der Waals surface area contributed by atoms with E-state index in [1.165, 1.54) is 0 Å². The van der Waals surface area contributed by atoms with Crippen LogP contribution in [0, 0.1) is 0 Å². The molecule has 0 bridgehead atoms. The summed E-state index contributed by atoms with van der Waals surface area (Å²) in [5.41, 5.74) is 0. The predicted molar refractivity (Wildman–Crippen MR) is 35.0 cm³/mol. The second kappa shape index (κ2) is 3.05. The Labute approximate surface area is 63.5 Å². The fraction of sp³-hybridized carbons (Fsp3) is 1.00. The van der Waals surface area contributed by atoms with E-state index in [0.29, 0.717) is 4.90 Å². The second-order valence-corrected chi connectivity index (χ2v) is 1.32.